The summed E-state index contributed by atoms with van der Waals surface area (Å²) in [5, 5.41) is 3.99. The van der Waals surface area contributed by atoms with Gasteiger partial charge in [0.2, 0.25) is 0 Å². The molecule has 0 saturated carbocycles. The van der Waals surface area contributed by atoms with Crippen molar-refractivity contribution in [2.45, 2.75) is 31.7 Å². The Morgan fingerprint density at radius 1 is 1.24 bits per heavy atom. The summed E-state index contributed by atoms with van der Waals surface area (Å²) in [6.45, 7) is 6.61. The molecule has 2 aromatic carbocycles. The molecule has 1 saturated heterocycles. The maximum atomic E-state index is 13.5. The van der Waals surface area contributed by atoms with Crippen molar-refractivity contribution in [1.82, 2.24) is 14.9 Å². The summed E-state index contributed by atoms with van der Waals surface area (Å²) in [6.07, 6.45) is 8.09. The summed E-state index contributed by atoms with van der Waals surface area (Å²) < 4.78 is 25.1. The first-order valence-electron chi connectivity index (χ1n) is 11.1. The van der Waals surface area contributed by atoms with Crippen LogP contribution >= 0.6 is 11.6 Å². The fourth-order valence-corrected chi connectivity index (χ4v) is 4.34. The number of rotatable bonds is 9. The highest BCUT2D eigenvalue weighted by molar-refractivity contribution is 6.31. The van der Waals surface area contributed by atoms with Crippen molar-refractivity contribution in [2.75, 3.05) is 32.1 Å². The van der Waals surface area contributed by atoms with Gasteiger partial charge in [0.15, 0.2) is 11.5 Å². The summed E-state index contributed by atoms with van der Waals surface area (Å²) in [4.78, 5) is 11.2. The number of ether oxygens (including phenoxy) is 2. The highest BCUT2D eigenvalue weighted by Gasteiger charge is 2.19. The molecule has 1 fully saturated rings. The van der Waals surface area contributed by atoms with Crippen LogP contribution < -0.4 is 14.8 Å². The average molecular weight is 471 g/mol. The van der Waals surface area contributed by atoms with Gasteiger partial charge >= 0.3 is 0 Å². The number of piperidine rings is 1. The average Bonchev–Trinajstić information content (AvgIpc) is 2.84. The number of aromatic nitrogens is 2. The lowest BCUT2D eigenvalue weighted by Crippen LogP contribution is -2.39. The highest BCUT2D eigenvalue weighted by atomic mass is 35.5. The molecule has 0 unspecified atom stereocenters. The number of nitrogens with zero attached hydrogens (tertiary/aromatic N) is 3. The van der Waals surface area contributed by atoms with E-state index in [1.165, 1.54) is 37.7 Å². The molecule has 3 aromatic rings. The summed E-state index contributed by atoms with van der Waals surface area (Å²) in [5.41, 5.74) is 1.32. The Hall–Kier alpha value is -2.90. The molecule has 1 aliphatic rings. The van der Waals surface area contributed by atoms with Gasteiger partial charge in [0, 0.05) is 29.7 Å². The first-order chi connectivity index (χ1) is 16.1. The van der Waals surface area contributed by atoms with Gasteiger partial charge in [0.1, 0.15) is 18.0 Å². The van der Waals surface area contributed by atoms with Crippen molar-refractivity contribution in [3.05, 3.63) is 60.2 Å². The summed E-state index contributed by atoms with van der Waals surface area (Å²) in [5.74, 6) is 1.33. The Labute approximate surface area is 198 Å². The summed E-state index contributed by atoms with van der Waals surface area (Å²) in [6, 6.07) is 8.59. The van der Waals surface area contributed by atoms with Crippen LogP contribution in [0.4, 0.5) is 15.9 Å². The van der Waals surface area contributed by atoms with Crippen LogP contribution in [0.25, 0.3) is 10.9 Å². The molecule has 0 aliphatic carbocycles. The van der Waals surface area contributed by atoms with Gasteiger partial charge in [0.25, 0.3) is 0 Å². The van der Waals surface area contributed by atoms with Gasteiger partial charge in [-0.2, -0.15) is 0 Å². The molecule has 0 amide bonds. The topological polar surface area (TPSA) is 59.5 Å². The van der Waals surface area contributed by atoms with Crippen LogP contribution in [-0.4, -0.2) is 47.7 Å². The maximum Gasteiger partial charge on any atom is 0.162 e. The number of fused-ring (bicyclic) bond motifs is 1. The number of methoxy groups -OCH3 is 1. The van der Waals surface area contributed by atoms with E-state index < -0.39 is 5.82 Å². The van der Waals surface area contributed by atoms with E-state index >= 15 is 0 Å². The standard InChI is InChI=1S/C25H28ClFN4O2/c1-3-18-7-4-5-10-31(18)11-6-12-33-24-14-19-22(15-23(24)32-2)28-16-29-25(19)30-17-8-9-21(27)20(26)13-17/h3,8-9,13-16,18H,1,4-7,10-12H2,2H3,(H,28,29,30)/t18-/m1/s1. The summed E-state index contributed by atoms with van der Waals surface area (Å²) >= 11 is 5.92. The molecule has 1 aromatic heterocycles. The Morgan fingerprint density at radius 3 is 2.91 bits per heavy atom. The number of hydrogen-bond acceptors (Lipinski definition) is 6. The lowest BCUT2D eigenvalue weighted by Gasteiger charge is -2.33. The van der Waals surface area contributed by atoms with E-state index in [4.69, 9.17) is 21.1 Å². The number of benzene rings is 2. The van der Waals surface area contributed by atoms with Crippen LogP contribution in [0.15, 0.2) is 49.3 Å². The van der Waals surface area contributed by atoms with Gasteiger partial charge in [-0.05, 0) is 50.1 Å². The zero-order valence-electron chi connectivity index (χ0n) is 18.7. The van der Waals surface area contributed by atoms with Gasteiger partial charge in [-0.3, -0.25) is 4.90 Å². The molecule has 2 heterocycles. The smallest absolute Gasteiger partial charge is 0.162 e. The minimum Gasteiger partial charge on any atom is -0.493 e. The molecular weight excluding hydrogens is 443 g/mol. The maximum absolute atomic E-state index is 13.5. The number of hydrogen-bond donors (Lipinski definition) is 1. The monoisotopic (exact) mass is 470 g/mol. The van der Waals surface area contributed by atoms with Gasteiger partial charge in [-0.15, -0.1) is 6.58 Å². The lowest BCUT2D eigenvalue weighted by molar-refractivity contribution is 0.164. The predicted octanol–water partition coefficient (Wildman–Crippen LogP) is 5.98. The number of likely N-dealkylation sites (tertiary alicyclic amines) is 1. The van der Waals surface area contributed by atoms with Crippen molar-refractivity contribution in [1.29, 1.82) is 0 Å². The third kappa shape index (κ3) is 5.54. The van der Waals surface area contributed by atoms with E-state index in [9.17, 15) is 4.39 Å². The Balaban J connectivity index is 1.49. The van der Waals surface area contributed by atoms with Crippen LogP contribution in [0.2, 0.25) is 5.02 Å². The van der Waals surface area contributed by atoms with Crippen molar-refractivity contribution in [2.24, 2.45) is 0 Å². The van der Waals surface area contributed by atoms with Gasteiger partial charge in [-0.1, -0.05) is 24.1 Å². The third-order valence-electron chi connectivity index (χ3n) is 5.89. The predicted molar refractivity (Wildman–Crippen MR) is 130 cm³/mol. The van der Waals surface area contributed by atoms with Crippen molar-refractivity contribution >= 4 is 34.0 Å². The zero-order chi connectivity index (χ0) is 23.2. The first kappa shape index (κ1) is 23.3. The lowest BCUT2D eigenvalue weighted by atomic mass is 10.0. The highest BCUT2D eigenvalue weighted by Crippen LogP contribution is 2.35. The van der Waals surface area contributed by atoms with E-state index in [2.05, 4.69) is 32.8 Å². The van der Waals surface area contributed by atoms with Crippen molar-refractivity contribution in [3.63, 3.8) is 0 Å². The quantitative estimate of drug-likeness (QED) is 0.306. The van der Waals surface area contributed by atoms with E-state index in [1.54, 1.807) is 13.2 Å². The first-order valence-corrected chi connectivity index (χ1v) is 11.5. The second-order valence-corrected chi connectivity index (χ2v) is 8.44. The molecule has 0 radical (unpaired) electrons. The fraction of sp³-hybridized carbons (Fsp3) is 0.360. The molecule has 0 spiro atoms. The van der Waals surface area contributed by atoms with Gasteiger partial charge in [-0.25, -0.2) is 14.4 Å². The van der Waals surface area contributed by atoms with E-state index in [-0.39, 0.29) is 5.02 Å². The van der Waals surface area contributed by atoms with Crippen molar-refractivity contribution in [3.8, 4) is 11.5 Å². The second-order valence-electron chi connectivity index (χ2n) is 8.03. The zero-order valence-corrected chi connectivity index (χ0v) is 19.4. The third-order valence-corrected chi connectivity index (χ3v) is 6.18. The molecule has 0 bridgehead atoms. The van der Waals surface area contributed by atoms with Crippen LogP contribution in [0, 0.1) is 5.82 Å². The molecule has 1 aliphatic heterocycles. The van der Waals surface area contributed by atoms with E-state index in [0.717, 1.165) is 24.9 Å². The largest absolute Gasteiger partial charge is 0.493 e. The number of nitrogens with one attached hydrogen (secondary N) is 1. The van der Waals surface area contributed by atoms with Crippen molar-refractivity contribution < 1.29 is 13.9 Å². The van der Waals surface area contributed by atoms with Gasteiger partial charge < -0.3 is 14.8 Å². The molecule has 33 heavy (non-hydrogen) atoms. The molecule has 1 atom stereocenters. The van der Waals surface area contributed by atoms with Crippen LogP contribution in [0.3, 0.4) is 0 Å². The van der Waals surface area contributed by atoms with Gasteiger partial charge in [0.05, 0.1) is 24.3 Å². The minimum atomic E-state index is -0.473. The SMILES string of the molecule is C=C[C@@H]1CCCCN1CCCOc1cc2c(Nc3ccc(F)c(Cl)c3)ncnc2cc1OC. The van der Waals surface area contributed by atoms with E-state index in [0.29, 0.717) is 41.2 Å². The van der Waals surface area contributed by atoms with Crippen LogP contribution in [0.5, 0.6) is 11.5 Å². The Kier molecular flexibility index (Phi) is 7.62. The Bertz CT molecular complexity index is 1130. The normalized spacial score (nSPS) is 16.5. The Morgan fingerprint density at radius 2 is 2.12 bits per heavy atom. The summed E-state index contributed by atoms with van der Waals surface area (Å²) in [7, 11) is 1.61. The molecular formula is C25H28ClFN4O2. The van der Waals surface area contributed by atoms with Crippen LogP contribution in [0.1, 0.15) is 25.7 Å². The fourth-order valence-electron chi connectivity index (χ4n) is 4.16. The molecule has 4 rings (SSSR count). The number of anilines is 2. The molecule has 174 valence electrons. The van der Waals surface area contributed by atoms with E-state index in [1.807, 2.05) is 12.1 Å². The molecule has 1 N–H and O–H groups in total. The second kappa shape index (κ2) is 10.8. The molecule has 6 nitrogen and oxygen atoms in total. The van der Waals surface area contributed by atoms with Crippen LogP contribution in [-0.2, 0) is 0 Å². The molecule has 8 heteroatoms. The minimum absolute atomic E-state index is 0.0384. The number of halogens is 2.